The number of rotatable bonds is 2. The van der Waals surface area contributed by atoms with Gasteiger partial charge in [-0.05, 0) is 52.7 Å². The van der Waals surface area contributed by atoms with Crippen LogP contribution in [0.1, 0.15) is 39.7 Å². The van der Waals surface area contributed by atoms with Crippen molar-refractivity contribution in [3.8, 4) is 0 Å². The molecule has 0 radical (unpaired) electrons. The van der Waals surface area contributed by atoms with E-state index in [1.807, 2.05) is 18.5 Å². The molecule has 0 amide bonds. The average molecular weight is 234 g/mol. The molecule has 1 aliphatic rings. The van der Waals surface area contributed by atoms with Gasteiger partial charge in [-0.3, -0.25) is 4.98 Å². The number of nitrogens with zero attached hydrogens (tertiary/aromatic N) is 1. The van der Waals surface area contributed by atoms with E-state index >= 15 is 0 Å². The zero-order valence-electron chi connectivity index (χ0n) is 11.4. The summed E-state index contributed by atoms with van der Waals surface area (Å²) in [5, 5.41) is 3.57. The second-order valence-electron chi connectivity index (χ2n) is 6.06. The molecule has 0 bridgehead atoms. The summed E-state index contributed by atoms with van der Waals surface area (Å²) in [7, 11) is 0. The van der Waals surface area contributed by atoms with E-state index < -0.39 is 0 Å². The molecule has 1 fully saturated rings. The molecule has 17 heavy (non-hydrogen) atoms. The lowest BCUT2D eigenvalue weighted by Gasteiger charge is -2.28. The van der Waals surface area contributed by atoms with Crippen molar-refractivity contribution in [1.29, 1.82) is 0 Å². The molecule has 1 aromatic heterocycles. The van der Waals surface area contributed by atoms with Crippen molar-refractivity contribution < 1.29 is 4.74 Å². The highest BCUT2D eigenvalue weighted by Crippen LogP contribution is 2.39. The van der Waals surface area contributed by atoms with Crippen LogP contribution < -0.4 is 5.32 Å². The minimum Gasteiger partial charge on any atom is -0.378 e. The lowest BCUT2D eigenvalue weighted by atomic mass is 9.94. The van der Waals surface area contributed by atoms with Crippen LogP contribution in [-0.2, 0) is 4.74 Å². The molecule has 1 aliphatic heterocycles. The monoisotopic (exact) mass is 234 g/mol. The van der Waals surface area contributed by atoms with Crippen molar-refractivity contribution >= 4 is 5.69 Å². The van der Waals surface area contributed by atoms with Gasteiger partial charge in [0.05, 0.1) is 29.1 Å². The van der Waals surface area contributed by atoms with Crippen LogP contribution in [0.5, 0.6) is 0 Å². The Balaban J connectivity index is 2.17. The van der Waals surface area contributed by atoms with E-state index in [-0.39, 0.29) is 11.2 Å². The first-order chi connectivity index (χ1) is 7.80. The van der Waals surface area contributed by atoms with E-state index in [0.29, 0.717) is 6.04 Å². The van der Waals surface area contributed by atoms with Crippen LogP contribution in [0.3, 0.4) is 0 Å². The van der Waals surface area contributed by atoms with Crippen molar-refractivity contribution in [2.24, 2.45) is 0 Å². The molecule has 1 unspecified atom stereocenters. The Bertz CT molecular complexity index is 412. The predicted octanol–water partition coefficient (Wildman–Crippen LogP) is 3.15. The van der Waals surface area contributed by atoms with Crippen LogP contribution >= 0.6 is 0 Å². The maximum Gasteiger partial charge on any atom is 0.0834 e. The quantitative estimate of drug-likeness (QED) is 0.853. The van der Waals surface area contributed by atoms with E-state index in [0.717, 1.165) is 12.1 Å². The van der Waals surface area contributed by atoms with Crippen LogP contribution in [0.25, 0.3) is 0 Å². The molecule has 1 aromatic rings. The molecule has 0 aromatic carbocycles. The molecule has 2 heterocycles. The zero-order chi connectivity index (χ0) is 12.7. The van der Waals surface area contributed by atoms with E-state index in [2.05, 4.69) is 44.9 Å². The van der Waals surface area contributed by atoms with Gasteiger partial charge in [-0.2, -0.15) is 0 Å². The van der Waals surface area contributed by atoms with Crippen LogP contribution in [0.4, 0.5) is 5.69 Å². The van der Waals surface area contributed by atoms with Gasteiger partial charge in [0, 0.05) is 6.20 Å². The van der Waals surface area contributed by atoms with Gasteiger partial charge in [0.15, 0.2) is 0 Å². The second kappa shape index (κ2) is 3.98. The number of hydrogen-bond donors (Lipinski definition) is 1. The van der Waals surface area contributed by atoms with E-state index in [1.165, 1.54) is 5.56 Å². The fourth-order valence-electron chi connectivity index (χ4n) is 2.59. The van der Waals surface area contributed by atoms with Gasteiger partial charge >= 0.3 is 0 Å². The average Bonchev–Trinajstić information content (AvgIpc) is 2.38. The van der Waals surface area contributed by atoms with E-state index in [4.69, 9.17) is 4.74 Å². The summed E-state index contributed by atoms with van der Waals surface area (Å²) in [6.07, 6.45) is 4.71. The zero-order valence-corrected chi connectivity index (χ0v) is 11.4. The Morgan fingerprint density at radius 2 is 2.06 bits per heavy atom. The standard InChI is InChI=1S/C14H22N2O/c1-10-6-7-15-9-11(10)16-12-8-13(2,3)17-14(12,4)5/h6-7,9,12,16H,8H2,1-5H3. The number of aryl methyl sites for hydroxylation is 1. The second-order valence-corrected chi connectivity index (χ2v) is 6.06. The predicted molar refractivity (Wildman–Crippen MR) is 70.2 cm³/mol. The minimum absolute atomic E-state index is 0.0583. The molecule has 1 saturated heterocycles. The fraction of sp³-hybridized carbons (Fsp3) is 0.643. The highest BCUT2D eigenvalue weighted by Gasteiger charge is 2.45. The van der Waals surface area contributed by atoms with E-state index in [9.17, 15) is 0 Å². The van der Waals surface area contributed by atoms with Crippen molar-refractivity contribution in [2.45, 2.75) is 58.3 Å². The maximum absolute atomic E-state index is 6.08. The van der Waals surface area contributed by atoms with Crippen LogP contribution in [0.15, 0.2) is 18.5 Å². The normalized spacial score (nSPS) is 25.8. The summed E-state index contributed by atoms with van der Waals surface area (Å²) >= 11 is 0. The third-order valence-corrected chi connectivity index (χ3v) is 3.44. The van der Waals surface area contributed by atoms with Crippen LogP contribution in [0, 0.1) is 6.92 Å². The molecule has 3 heteroatoms. The summed E-state index contributed by atoms with van der Waals surface area (Å²) in [5.41, 5.74) is 2.12. The van der Waals surface area contributed by atoms with Crippen LogP contribution in [-0.4, -0.2) is 22.2 Å². The molecule has 0 spiro atoms. The van der Waals surface area contributed by atoms with Gasteiger partial charge in [-0.15, -0.1) is 0 Å². The van der Waals surface area contributed by atoms with Crippen LogP contribution in [0.2, 0.25) is 0 Å². The van der Waals surface area contributed by atoms with Crippen molar-refractivity contribution in [2.75, 3.05) is 5.32 Å². The number of nitrogens with one attached hydrogen (secondary N) is 1. The fourth-order valence-corrected chi connectivity index (χ4v) is 2.59. The lowest BCUT2D eigenvalue weighted by Crippen LogP contribution is -2.38. The third kappa shape index (κ3) is 2.60. The van der Waals surface area contributed by atoms with Crippen molar-refractivity contribution in [1.82, 2.24) is 4.98 Å². The Morgan fingerprint density at radius 1 is 1.35 bits per heavy atom. The number of aromatic nitrogens is 1. The summed E-state index contributed by atoms with van der Waals surface area (Å²) < 4.78 is 6.08. The number of anilines is 1. The number of ether oxygens (including phenoxy) is 1. The molecule has 94 valence electrons. The topological polar surface area (TPSA) is 34.2 Å². The van der Waals surface area contributed by atoms with Crippen molar-refractivity contribution in [3.05, 3.63) is 24.0 Å². The molecule has 3 nitrogen and oxygen atoms in total. The number of hydrogen-bond acceptors (Lipinski definition) is 3. The van der Waals surface area contributed by atoms with Crippen molar-refractivity contribution in [3.63, 3.8) is 0 Å². The molecular weight excluding hydrogens is 212 g/mol. The summed E-state index contributed by atoms with van der Waals surface area (Å²) in [6.45, 7) is 10.7. The molecule has 1 N–H and O–H groups in total. The third-order valence-electron chi connectivity index (χ3n) is 3.44. The Hall–Kier alpha value is -1.09. The molecule has 2 rings (SSSR count). The molecule has 0 aliphatic carbocycles. The SMILES string of the molecule is Cc1ccncc1NC1CC(C)(C)OC1(C)C. The largest absolute Gasteiger partial charge is 0.378 e. The van der Waals surface area contributed by atoms with Gasteiger partial charge in [-0.25, -0.2) is 0 Å². The molecular formula is C14H22N2O. The highest BCUT2D eigenvalue weighted by atomic mass is 16.5. The van der Waals surface area contributed by atoms with Gasteiger partial charge in [0.25, 0.3) is 0 Å². The first-order valence-corrected chi connectivity index (χ1v) is 6.17. The lowest BCUT2D eigenvalue weighted by molar-refractivity contribution is -0.0662. The molecule has 0 saturated carbocycles. The Labute approximate surface area is 104 Å². The van der Waals surface area contributed by atoms with Gasteiger partial charge in [-0.1, -0.05) is 0 Å². The summed E-state index contributed by atoms with van der Waals surface area (Å²) in [4.78, 5) is 4.17. The molecule has 1 atom stereocenters. The van der Waals surface area contributed by atoms with Gasteiger partial charge < -0.3 is 10.1 Å². The van der Waals surface area contributed by atoms with E-state index in [1.54, 1.807) is 0 Å². The number of pyridine rings is 1. The maximum atomic E-state index is 6.08. The highest BCUT2D eigenvalue weighted by molar-refractivity contribution is 5.49. The van der Waals surface area contributed by atoms with Gasteiger partial charge in [0.2, 0.25) is 0 Å². The summed E-state index contributed by atoms with van der Waals surface area (Å²) in [6, 6.07) is 2.34. The first kappa shape index (κ1) is 12.4. The smallest absolute Gasteiger partial charge is 0.0834 e. The Kier molecular flexibility index (Phi) is 2.90. The minimum atomic E-state index is -0.147. The Morgan fingerprint density at radius 3 is 2.59 bits per heavy atom. The summed E-state index contributed by atoms with van der Waals surface area (Å²) in [5.74, 6) is 0. The van der Waals surface area contributed by atoms with Gasteiger partial charge in [0.1, 0.15) is 0 Å². The first-order valence-electron chi connectivity index (χ1n) is 6.17.